The number of halogens is 1. The van der Waals surface area contributed by atoms with Gasteiger partial charge in [-0.25, -0.2) is 4.99 Å². The molecule has 0 fully saturated rings. The number of nitrogens with one attached hydrogen (secondary N) is 1. The first-order valence-corrected chi connectivity index (χ1v) is 8.86. The summed E-state index contributed by atoms with van der Waals surface area (Å²) in [5, 5.41) is 3.26. The molecule has 26 heavy (non-hydrogen) atoms. The van der Waals surface area contributed by atoms with Crippen LogP contribution in [-0.4, -0.2) is 25.2 Å². The van der Waals surface area contributed by atoms with Gasteiger partial charge in [-0.2, -0.15) is 0 Å². The number of hydrogen-bond donors (Lipinski definition) is 2. The molecule has 1 atom stereocenters. The van der Waals surface area contributed by atoms with E-state index in [9.17, 15) is 0 Å². The quantitative estimate of drug-likeness (QED) is 0.412. The second kappa shape index (κ2) is 8.62. The second-order valence-corrected chi connectivity index (χ2v) is 6.50. The molecule has 3 N–H and O–H groups in total. The van der Waals surface area contributed by atoms with E-state index >= 15 is 0 Å². The Morgan fingerprint density at radius 2 is 1.88 bits per heavy atom. The number of hydrogen-bond acceptors (Lipinski definition) is 3. The van der Waals surface area contributed by atoms with Crippen LogP contribution in [-0.2, 0) is 12.8 Å². The number of benzene rings is 2. The smallest absolute Gasteiger partial charge is 0.193 e. The Morgan fingerprint density at radius 3 is 2.77 bits per heavy atom. The van der Waals surface area contributed by atoms with E-state index in [4.69, 9.17) is 15.2 Å². The van der Waals surface area contributed by atoms with Gasteiger partial charge in [0.25, 0.3) is 0 Å². The fourth-order valence-corrected chi connectivity index (χ4v) is 3.43. The Balaban J connectivity index is 0.00000196. The van der Waals surface area contributed by atoms with Gasteiger partial charge in [0.2, 0.25) is 0 Å². The van der Waals surface area contributed by atoms with E-state index in [-0.39, 0.29) is 30.1 Å². The van der Waals surface area contributed by atoms with Crippen LogP contribution in [0.15, 0.2) is 47.5 Å². The highest BCUT2D eigenvalue weighted by Gasteiger charge is 2.20. The number of guanidine groups is 1. The van der Waals surface area contributed by atoms with E-state index in [1.54, 1.807) is 0 Å². The summed E-state index contributed by atoms with van der Waals surface area (Å²) in [6.07, 6.45) is 4.62. The summed E-state index contributed by atoms with van der Waals surface area (Å²) in [4.78, 5) is 4.44. The number of ether oxygens (including phenoxy) is 2. The third-order valence-electron chi connectivity index (χ3n) is 4.69. The van der Waals surface area contributed by atoms with Crippen molar-refractivity contribution in [2.75, 3.05) is 18.5 Å². The summed E-state index contributed by atoms with van der Waals surface area (Å²) in [5.74, 6) is 1.96. The first-order chi connectivity index (χ1) is 12.3. The predicted octanol–water partition coefficient (Wildman–Crippen LogP) is 3.75. The molecule has 6 heteroatoms. The van der Waals surface area contributed by atoms with Gasteiger partial charge in [-0.15, -0.1) is 24.0 Å². The minimum absolute atomic E-state index is 0. The lowest BCUT2D eigenvalue weighted by Gasteiger charge is -2.25. The molecule has 0 bridgehead atoms. The molecule has 0 saturated carbocycles. The molecule has 0 radical (unpaired) electrons. The number of anilines is 1. The Bertz CT molecular complexity index is 794. The van der Waals surface area contributed by atoms with Gasteiger partial charge in [-0.1, -0.05) is 24.3 Å². The van der Waals surface area contributed by atoms with E-state index < -0.39 is 0 Å². The topological polar surface area (TPSA) is 68.9 Å². The van der Waals surface area contributed by atoms with Gasteiger partial charge in [-0.3, -0.25) is 0 Å². The van der Waals surface area contributed by atoms with E-state index in [1.165, 1.54) is 24.0 Å². The molecule has 5 nitrogen and oxygen atoms in total. The molecule has 2 aliphatic rings. The van der Waals surface area contributed by atoms with Crippen LogP contribution in [0.25, 0.3) is 0 Å². The zero-order valence-corrected chi connectivity index (χ0v) is 16.9. The highest BCUT2D eigenvalue weighted by molar-refractivity contribution is 14.0. The lowest BCUT2D eigenvalue weighted by Crippen LogP contribution is -2.33. The molecule has 0 spiro atoms. The number of para-hydroxylation sites is 2. The Kier molecular flexibility index (Phi) is 6.24. The van der Waals surface area contributed by atoms with Crippen LogP contribution < -0.4 is 20.5 Å². The molecule has 1 unspecified atom stereocenters. The maximum Gasteiger partial charge on any atom is 0.193 e. The number of rotatable bonds is 3. The minimum atomic E-state index is -0.125. The van der Waals surface area contributed by atoms with Crippen molar-refractivity contribution in [3.63, 3.8) is 0 Å². The Hall–Kier alpha value is -1.96. The molecule has 1 aliphatic heterocycles. The average molecular weight is 465 g/mol. The zero-order valence-electron chi connectivity index (χ0n) is 14.6. The summed E-state index contributed by atoms with van der Waals surface area (Å²) in [5.41, 5.74) is 9.96. The van der Waals surface area contributed by atoms with Crippen LogP contribution >= 0.6 is 24.0 Å². The fourth-order valence-electron chi connectivity index (χ4n) is 3.43. The van der Waals surface area contributed by atoms with E-state index in [0.29, 0.717) is 19.1 Å². The predicted molar refractivity (Wildman–Crippen MR) is 115 cm³/mol. The van der Waals surface area contributed by atoms with Crippen LogP contribution in [0, 0.1) is 0 Å². The third-order valence-corrected chi connectivity index (χ3v) is 4.69. The van der Waals surface area contributed by atoms with Crippen molar-refractivity contribution >= 4 is 35.6 Å². The van der Waals surface area contributed by atoms with Crippen molar-refractivity contribution in [3.8, 4) is 11.5 Å². The van der Waals surface area contributed by atoms with Crippen molar-refractivity contribution in [3.05, 3.63) is 53.6 Å². The highest BCUT2D eigenvalue weighted by Crippen LogP contribution is 2.31. The van der Waals surface area contributed by atoms with Gasteiger partial charge in [0.05, 0.1) is 6.54 Å². The van der Waals surface area contributed by atoms with Crippen LogP contribution in [0.1, 0.15) is 24.0 Å². The monoisotopic (exact) mass is 465 g/mol. The standard InChI is InChI=1S/C20H23N3O2.HI/c21-20(23-17-9-5-7-14-6-1-2-8-16(14)17)22-12-15-13-24-18-10-3-4-11-19(18)25-15;/h3-5,7,9-11,15H,1-2,6,8,12-13H2,(H3,21,22,23);1H. The number of nitrogens with two attached hydrogens (primary N) is 1. The van der Waals surface area contributed by atoms with E-state index in [2.05, 4.69) is 28.5 Å². The van der Waals surface area contributed by atoms with Crippen molar-refractivity contribution in [1.29, 1.82) is 0 Å². The van der Waals surface area contributed by atoms with Crippen LogP contribution in [0.5, 0.6) is 11.5 Å². The number of nitrogens with zero attached hydrogens (tertiary/aromatic N) is 1. The van der Waals surface area contributed by atoms with Gasteiger partial charge in [0.15, 0.2) is 23.6 Å². The Morgan fingerprint density at radius 1 is 1.08 bits per heavy atom. The molecule has 1 aliphatic carbocycles. The molecule has 0 amide bonds. The molecular formula is C20H24IN3O2. The van der Waals surface area contributed by atoms with Gasteiger partial charge in [0.1, 0.15) is 6.61 Å². The maximum absolute atomic E-state index is 6.09. The molecule has 2 aromatic rings. The minimum Gasteiger partial charge on any atom is -0.486 e. The maximum atomic E-state index is 6.09. The summed E-state index contributed by atoms with van der Waals surface area (Å²) in [6.45, 7) is 0.941. The van der Waals surface area contributed by atoms with Crippen molar-refractivity contribution < 1.29 is 9.47 Å². The second-order valence-electron chi connectivity index (χ2n) is 6.50. The van der Waals surface area contributed by atoms with Gasteiger partial charge < -0.3 is 20.5 Å². The molecule has 4 rings (SSSR count). The highest BCUT2D eigenvalue weighted by atomic mass is 127. The Labute approximate surface area is 171 Å². The molecule has 0 saturated heterocycles. The van der Waals surface area contributed by atoms with E-state index in [1.807, 2.05) is 24.3 Å². The fraction of sp³-hybridized carbons (Fsp3) is 0.350. The average Bonchev–Trinajstić information content (AvgIpc) is 2.66. The number of fused-ring (bicyclic) bond motifs is 2. The van der Waals surface area contributed by atoms with E-state index in [0.717, 1.165) is 30.0 Å². The first kappa shape index (κ1) is 18.8. The first-order valence-electron chi connectivity index (χ1n) is 8.86. The SMILES string of the molecule is I.NC(=NCC1COc2ccccc2O1)Nc1cccc2c1CCCC2. The van der Waals surface area contributed by atoms with Crippen molar-refractivity contribution in [1.82, 2.24) is 0 Å². The van der Waals surface area contributed by atoms with Gasteiger partial charge >= 0.3 is 0 Å². The molecule has 2 aromatic carbocycles. The number of aryl methyl sites for hydroxylation is 1. The summed E-state index contributed by atoms with van der Waals surface area (Å²) >= 11 is 0. The van der Waals surface area contributed by atoms with Crippen molar-refractivity contribution in [2.45, 2.75) is 31.8 Å². The lowest BCUT2D eigenvalue weighted by molar-refractivity contribution is 0.0972. The largest absolute Gasteiger partial charge is 0.486 e. The summed E-state index contributed by atoms with van der Waals surface area (Å²) in [6, 6.07) is 14.0. The summed E-state index contributed by atoms with van der Waals surface area (Å²) < 4.78 is 11.6. The third kappa shape index (κ3) is 4.23. The molecule has 0 aromatic heterocycles. The lowest BCUT2D eigenvalue weighted by atomic mass is 9.90. The molecule has 1 heterocycles. The van der Waals surface area contributed by atoms with Gasteiger partial charge in [0, 0.05) is 5.69 Å². The van der Waals surface area contributed by atoms with Crippen molar-refractivity contribution in [2.24, 2.45) is 10.7 Å². The van der Waals surface area contributed by atoms with Crippen LogP contribution in [0.4, 0.5) is 5.69 Å². The number of aliphatic imine (C=N–C) groups is 1. The van der Waals surface area contributed by atoms with Crippen LogP contribution in [0.2, 0.25) is 0 Å². The normalized spacial score (nSPS) is 18.5. The molecular weight excluding hydrogens is 441 g/mol. The molecule has 138 valence electrons. The zero-order chi connectivity index (χ0) is 17.1. The van der Waals surface area contributed by atoms with Crippen LogP contribution in [0.3, 0.4) is 0 Å². The summed E-state index contributed by atoms with van der Waals surface area (Å²) in [7, 11) is 0. The van der Waals surface area contributed by atoms with Gasteiger partial charge in [-0.05, 0) is 55.0 Å².